The van der Waals surface area contributed by atoms with Crippen molar-refractivity contribution in [2.75, 3.05) is 7.11 Å². The van der Waals surface area contributed by atoms with Gasteiger partial charge in [0.05, 0.1) is 7.11 Å². The number of nitrogens with zero attached hydrogens (tertiary/aromatic N) is 1. The van der Waals surface area contributed by atoms with E-state index in [-0.39, 0.29) is 5.92 Å². The molecule has 1 aromatic heterocycles. The van der Waals surface area contributed by atoms with Crippen molar-refractivity contribution in [1.29, 1.82) is 0 Å². The van der Waals surface area contributed by atoms with Gasteiger partial charge < -0.3 is 9.84 Å². The van der Waals surface area contributed by atoms with Crippen LogP contribution in [0, 0.1) is 5.92 Å². The average molecular weight is 283 g/mol. The molecule has 0 radical (unpaired) electrons. The van der Waals surface area contributed by atoms with Crippen molar-refractivity contribution in [2.24, 2.45) is 5.92 Å². The molecule has 1 atom stereocenters. The highest BCUT2D eigenvalue weighted by molar-refractivity contribution is 5.53. The summed E-state index contributed by atoms with van der Waals surface area (Å²) in [6, 6.07) is 11.4. The van der Waals surface area contributed by atoms with Gasteiger partial charge in [0.1, 0.15) is 11.4 Å². The van der Waals surface area contributed by atoms with Crippen LogP contribution in [0.15, 0.2) is 54.9 Å². The fraction of sp³-hybridized carbons (Fsp3) is 0.278. The van der Waals surface area contributed by atoms with E-state index in [4.69, 9.17) is 4.74 Å². The first kappa shape index (κ1) is 15.3. The third-order valence-corrected chi connectivity index (χ3v) is 3.65. The highest BCUT2D eigenvalue weighted by atomic mass is 16.5. The lowest BCUT2D eigenvalue weighted by molar-refractivity contribution is 0.0404. The van der Waals surface area contributed by atoms with Gasteiger partial charge in [0.25, 0.3) is 0 Å². The number of aliphatic hydroxyl groups is 1. The van der Waals surface area contributed by atoms with Crippen LogP contribution in [0.1, 0.15) is 25.0 Å². The molecule has 1 N–H and O–H groups in total. The molecule has 0 aliphatic heterocycles. The normalized spacial score (nSPS) is 14.3. The Kier molecular flexibility index (Phi) is 4.76. The Balaban J connectivity index is 2.29. The maximum absolute atomic E-state index is 11.0. The fourth-order valence-electron chi connectivity index (χ4n) is 2.16. The fourth-order valence-corrected chi connectivity index (χ4v) is 2.16. The monoisotopic (exact) mass is 283 g/mol. The van der Waals surface area contributed by atoms with E-state index in [1.807, 2.05) is 62.4 Å². The Bertz CT molecular complexity index is 590. The molecule has 110 valence electrons. The zero-order valence-electron chi connectivity index (χ0n) is 12.7. The number of rotatable bonds is 5. The van der Waals surface area contributed by atoms with E-state index >= 15 is 0 Å². The van der Waals surface area contributed by atoms with Crippen LogP contribution in [0.2, 0.25) is 0 Å². The molecule has 2 aromatic rings. The van der Waals surface area contributed by atoms with Crippen LogP contribution in [0.25, 0.3) is 6.08 Å². The van der Waals surface area contributed by atoms with Crippen molar-refractivity contribution in [2.45, 2.75) is 19.4 Å². The Labute approximate surface area is 125 Å². The van der Waals surface area contributed by atoms with Crippen LogP contribution in [0.3, 0.4) is 0 Å². The molecule has 0 spiro atoms. The molecule has 0 saturated carbocycles. The molecule has 0 unspecified atom stereocenters. The summed E-state index contributed by atoms with van der Waals surface area (Å²) in [5.41, 5.74) is 0.775. The molecule has 0 amide bonds. The van der Waals surface area contributed by atoms with Crippen molar-refractivity contribution >= 4 is 6.08 Å². The summed E-state index contributed by atoms with van der Waals surface area (Å²) >= 11 is 0. The van der Waals surface area contributed by atoms with Crippen molar-refractivity contribution < 1.29 is 9.84 Å². The molecule has 3 heteroatoms. The number of methoxy groups -OCH3 is 1. The van der Waals surface area contributed by atoms with Crippen LogP contribution in [-0.4, -0.2) is 17.2 Å². The zero-order valence-corrected chi connectivity index (χ0v) is 12.7. The van der Waals surface area contributed by atoms with Crippen LogP contribution < -0.4 is 4.74 Å². The Morgan fingerprint density at radius 3 is 2.43 bits per heavy atom. The van der Waals surface area contributed by atoms with Gasteiger partial charge in [-0.2, -0.15) is 0 Å². The van der Waals surface area contributed by atoms with E-state index in [1.165, 1.54) is 0 Å². The van der Waals surface area contributed by atoms with Crippen molar-refractivity contribution in [1.82, 2.24) is 4.98 Å². The summed E-state index contributed by atoms with van der Waals surface area (Å²) in [5.74, 6) is 0.856. The van der Waals surface area contributed by atoms with Crippen molar-refractivity contribution in [3.8, 4) is 5.75 Å². The molecule has 1 heterocycles. The van der Waals surface area contributed by atoms with Gasteiger partial charge in [-0.3, -0.25) is 4.98 Å². The lowest BCUT2D eigenvalue weighted by Gasteiger charge is -2.29. The van der Waals surface area contributed by atoms with Gasteiger partial charge in [0.15, 0.2) is 0 Å². The van der Waals surface area contributed by atoms with Crippen LogP contribution in [0.5, 0.6) is 5.75 Å². The molecule has 1 aromatic carbocycles. The van der Waals surface area contributed by atoms with E-state index in [0.717, 1.165) is 16.9 Å². The van der Waals surface area contributed by atoms with Gasteiger partial charge in [-0.1, -0.05) is 38.1 Å². The second-order valence-corrected chi connectivity index (χ2v) is 5.33. The summed E-state index contributed by atoms with van der Waals surface area (Å²) in [6.07, 6.45) is 7.17. The number of hydrogen-bond acceptors (Lipinski definition) is 3. The van der Waals surface area contributed by atoms with Gasteiger partial charge in [-0.05, 0) is 35.8 Å². The van der Waals surface area contributed by atoms with E-state index < -0.39 is 5.60 Å². The Hall–Kier alpha value is -2.13. The van der Waals surface area contributed by atoms with Crippen molar-refractivity contribution in [3.05, 3.63) is 66.0 Å². The van der Waals surface area contributed by atoms with E-state index in [2.05, 4.69) is 4.98 Å². The average Bonchev–Trinajstić information content (AvgIpc) is 2.53. The molecule has 0 bridgehead atoms. The van der Waals surface area contributed by atoms with Gasteiger partial charge in [-0.15, -0.1) is 0 Å². The molecule has 0 fully saturated rings. The molecule has 21 heavy (non-hydrogen) atoms. The summed E-state index contributed by atoms with van der Waals surface area (Å²) < 4.78 is 5.14. The van der Waals surface area contributed by atoms with Gasteiger partial charge >= 0.3 is 0 Å². The highest BCUT2D eigenvalue weighted by Crippen LogP contribution is 2.31. The van der Waals surface area contributed by atoms with Gasteiger partial charge in [0.2, 0.25) is 0 Å². The van der Waals surface area contributed by atoms with E-state index in [9.17, 15) is 5.11 Å². The first-order chi connectivity index (χ1) is 10.1. The second kappa shape index (κ2) is 6.55. The molecule has 0 aliphatic rings. The first-order valence-corrected chi connectivity index (χ1v) is 7.02. The van der Waals surface area contributed by atoms with E-state index in [1.54, 1.807) is 19.5 Å². The smallest absolute Gasteiger partial charge is 0.118 e. The molecule has 3 nitrogen and oxygen atoms in total. The summed E-state index contributed by atoms with van der Waals surface area (Å²) in [5, 5.41) is 11.0. The van der Waals surface area contributed by atoms with Gasteiger partial charge in [-0.25, -0.2) is 0 Å². The minimum absolute atomic E-state index is 0.0381. The van der Waals surface area contributed by atoms with Gasteiger partial charge in [0, 0.05) is 18.0 Å². The predicted octanol–water partition coefficient (Wildman–Crippen LogP) is 3.65. The molecule has 2 rings (SSSR count). The summed E-state index contributed by atoms with van der Waals surface area (Å²) in [4.78, 5) is 4.10. The number of aromatic nitrogens is 1. The largest absolute Gasteiger partial charge is 0.497 e. The topological polar surface area (TPSA) is 42.4 Å². The maximum atomic E-state index is 11.0. The van der Waals surface area contributed by atoms with E-state index in [0.29, 0.717) is 0 Å². The lowest BCUT2D eigenvalue weighted by Crippen LogP contribution is -2.29. The highest BCUT2D eigenvalue weighted by Gasteiger charge is 2.30. The molecule has 0 aliphatic carbocycles. The number of benzene rings is 1. The zero-order chi connectivity index (χ0) is 15.3. The number of ether oxygens (including phenoxy) is 1. The third kappa shape index (κ3) is 3.50. The Morgan fingerprint density at radius 1 is 1.19 bits per heavy atom. The molecular formula is C18H21NO2. The minimum atomic E-state index is -1.03. The third-order valence-electron chi connectivity index (χ3n) is 3.65. The minimum Gasteiger partial charge on any atom is -0.497 e. The number of pyridine rings is 1. The quantitative estimate of drug-likeness (QED) is 0.910. The second-order valence-electron chi connectivity index (χ2n) is 5.33. The standard InChI is InChI=1S/C18H21NO2/c1-14(2)18(20,16-5-4-12-19-13-16)11-10-15-6-8-17(21-3)9-7-15/h4-14,20H,1-3H3/t18-/m0/s1. The number of hydrogen-bond donors (Lipinski definition) is 1. The molecular weight excluding hydrogens is 262 g/mol. The van der Waals surface area contributed by atoms with Crippen LogP contribution in [0.4, 0.5) is 0 Å². The van der Waals surface area contributed by atoms with Crippen LogP contribution >= 0.6 is 0 Å². The lowest BCUT2D eigenvalue weighted by atomic mass is 9.83. The summed E-state index contributed by atoms with van der Waals surface area (Å²) in [7, 11) is 1.64. The first-order valence-electron chi connectivity index (χ1n) is 7.02. The maximum Gasteiger partial charge on any atom is 0.118 e. The Morgan fingerprint density at radius 2 is 1.90 bits per heavy atom. The predicted molar refractivity (Wildman–Crippen MR) is 85.0 cm³/mol. The molecule has 0 saturated heterocycles. The summed E-state index contributed by atoms with van der Waals surface area (Å²) in [6.45, 7) is 3.98. The SMILES string of the molecule is COc1ccc(C=C[C@@](O)(c2cccnc2)C(C)C)cc1. The van der Waals surface area contributed by atoms with Crippen molar-refractivity contribution in [3.63, 3.8) is 0 Å². The van der Waals surface area contributed by atoms with Crippen LogP contribution in [-0.2, 0) is 5.60 Å².